The van der Waals surface area contributed by atoms with Crippen molar-refractivity contribution in [2.75, 3.05) is 45.1 Å². The van der Waals surface area contributed by atoms with Gasteiger partial charge in [0.15, 0.2) is 0 Å². The summed E-state index contributed by atoms with van der Waals surface area (Å²) in [6.07, 6.45) is 5.28. The molecule has 4 heterocycles. The van der Waals surface area contributed by atoms with Crippen LogP contribution in [0.1, 0.15) is 42.0 Å². The van der Waals surface area contributed by atoms with Gasteiger partial charge in [0, 0.05) is 25.8 Å². The first-order valence-corrected chi connectivity index (χ1v) is 10.9. The Labute approximate surface area is 177 Å². The molecule has 0 bridgehead atoms. The number of aromatic nitrogens is 2. The van der Waals surface area contributed by atoms with E-state index in [0.29, 0.717) is 38.1 Å². The summed E-state index contributed by atoms with van der Waals surface area (Å²) in [6.45, 7) is 4.50. The molecular formula is C23H29N5O2. The van der Waals surface area contributed by atoms with Crippen LogP contribution in [0.3, 0.4) is 0 Å². The van der Waals surface area contributed by atoms with Crippen LogP contribution in [0.2, 0.25) is 0 Å². The minimum absolute atomic E-state index is 0.219. The summed E-state index contributed by atoms with van der Waals surface area (Å²) in [5.74, 6) is 1.04. The van der Waals surface area contributed by atoms with E-state index in [2.05, 4.69) is 45.2 Å². The maximum absolute atomic E-state index is 13.0. The lowest BCUT2D eigenvalue weighted by Crippen LogP contribution is -2.50. The highest BCUT2D eigenvalue weighted by atomic mass is 16.5. The Kier molecular flexibility index (Phi) is 5.16. The Hall–Kier alpha value is -2.51. The van der Waals surface area contributed by atoms with Gasteiger partial charge in [0.1, 0.15) is 5.60 Å². The Morgan fingerprint density at radius 1 is 1.20 bits per heavy atom. The molecule has 0 radical (unpaired) electrons. The molecule has 3 aliphatic rings. The number of ether oxygens (including phenoxy) is 1. The molecule has 7 nitrogen and oxygen atoms in total. The maximum Gasteiger partial charge on any atom is 0.236 e. The topological polar surface area (TPSA) is 84.6 Å². The van der Waals surface area contributed by atoms with Crippen LogP contribution in [0.15, 0.2) is 36.5 Å². The number of anilines is 1. The highest BCUT2D eigenvalue weighted by Gasteiger charge is 2.43. The van der Waals surface area contributed by atoms with Crippen LogP contribution < -0.4 is 5.73 Å². The highest BCUT2D eigenvalue weighted by molar-refractivity contribution is 5.78. The van der Waals surface area contributed by atoms with Gasteiger partial charge in [-0.15, -0.1) is 0 Å². The van der Waals surface area contributed by atoms with Crippen LogP contribution in [0, 0.1) is 0 Å². The number of benzene rings is 1. The van der Waals surface area contributed by atoms with Crippen LogP contribution >= 0.6 is 0 Å². The maximum atomic E-state index is 13.0. The first-order valence-electron chi connectivity index (χ1n) is 10.9. The van der Waals surface area contributed by atoms with E-state index in [1.807, 2.05) is 11.1 Å². The lowest BCUT2D eigenvalue weighted by Gasteiger charge is -2.44. The van der Waals surface area contributed by atoms with Gasteiger partial charge in [-0.3, -0.25) is 9.69 Å². The number of hydrogen-bond acceptors (Lipinski definition) is 6. The molecule has 0 saturated carbocycles. The molecular weight excluding hydrogens is 378 g/mol. The molecule has 3 aliphatic heterocycles. The second kappa shape index (κ2) is 7.96. The van der Waals surface area contributed by atoms with Crippen molar-refractivity contribution in [2.24, 2.45) is 0 Å². The quantitative estimate of drug-likeness (QED) is 0.837. The summed E-state index contributed by atoms with van der Waals surface area (Å²) >= 11 is 0. The van der Waals surface area contributed by atoms with Crippen molar-refractivity contribution in [1.82, 2.24) is 19.8 Å². The van der Waals surface area contributed by atoms with Crippen LogP contribution in [0.5, 0.6) is 0 Å². The van der Waals surface area contributed by atoms with Crippen molar-refractivity contribution in [3.8, 4) is 0 Å². The van der Waals surface area contributed by atoms with Gasteiger partial charge in [-0.2, -0.15) is 0 Å². The third-order valence-corrected chi connectivity index (χ3v) is 6.89. The molecule has 1 atom stereocenters. The molecule has 2 fully saturated rings. The molecule has 2 saturated heterocycles. The Morgan fingerprint density at radius 2 is 2.00 bits per heavy atom. The molecule has 2 N–H and O–H groups in total. The fourth-order valence-corrected chi connectivity index (χ4v) is 5.19. The van der Waals surface area contributed by atoms with Gasteiger partial charge in [-0.05, 0) is 49.3 Å². The fourth-order valence-electron chi connectivity index (χ4n) is 5.19. The molecule has 0 aliphatic carbocycles. The summed E-state index contributed by atoms with van der Waals surface area (Å²) in [6, 6.07) is 10.6. The van der Waals surface area contributed by atoms with E-state index in [-0.39, 0.29) is 5.91 Å². The molecule has 30 heavy (non-hydrogen) atoms. The Morgan fingerprint density at radius 3 is 2.80 bits per heavy atom. The van der Waals surface area contributed by atoms with Crippen LogP contribution in [-0.2, 0) is 21.6 Å². The number of rotatable bonds is 3. The van der Waals surface area contributed by atoms with E-state index in [1.54, 1.807) is 0 Å². The molecule has 1 aromatic heterocycles. The third kappa shape index (κ3) is 3.68. The van der Waals surface area contributed by atoms with E-state index < -0.39 is 5.60 Å². The minimum atomic E-state index is -0.423. The van der Waals surface area contributed by atoms with Crippen molar-refractivity contribution in [1.29, 1.82) is 0 Å². The fraction of sp³-hybridized carbons (Fsp3) is 0.522. The molecule has 7 heteroatoms. The molecule has 1 spiro atoms. The first-order chi connectivity index (χ1) is 14.6. The first kappa shape index (κ1) is 19.5. The van der Waals surface area contributed by atoms with Crippen molar-refractivity contribution in [2.45, 2.75) is 37.2 Å². The smallest absolute Gasteiger partial charge is 0.236 e. The van der Waals surface area contributed by atoms with E-state index in [1.165, 1.54) is 5.56 Å². The number of fused-ring (bicyclic) bond motifs is 2. The van der Waals surface area contributed by atoms with Gasteiger partial charge in [-0.1, -0.05) is 30.3 Å². The van der Waals surface area contributed by atoms with E-state index in [0.717, 1.165) is 50.0 Å². The van der Waals surface area contributed by atoms with Gasteiger partial charge in [0.05, 0.1) is 18.8 Å². The number of piperidine rings is 1. The normalized spacial score (nSPS) is 23.5. The van der Waals surface area contributed by atoms with Gasteiger partial charge in [-0.25, -0.2) is 9.97 Å². The molecule has 2 aromatic rings. The summed E-state index contributed by atoms with van der Waals surface area (Å²) in [5, 5.41) is 0. The predicted octanol–water partition coefficient (Wildman–Crippen LogP) is 1.94. The number of carbonyl (C=O) groups is 1. The van der Waals surface area contributed by atoms with Crippen molar-refractivity contribution >= 4 is 11.9 Å². The summed E-state index contributed by atoms with van der Waals surface area (Å²) in [5.41, 5.74) is 8.85. The predicted molar refractivity (Wildman–Crippen MR) is 114 cm³/mol. The standard InChI is InChI=1S/C23H29N5O2/c24-22-25-14-18-7-13-30-23(21(18)26-22)8-11-28(12-9-23)20(29)16-27-10-6-19(15-27)17-4-2-1-3-5-17/h1-5,14,19H,6-13,15-16H2,(H2,24,25,26). The Balaban J connectivity index is 1.19. The van der Waals surface area contributed by atoms with E-state index in [9.17, 15) is 4.79 Å². The molecule has 1 unspecified atom stereocenters. The summed E-state index contributed by atoms with van der Waals surface area (Å²) < 4.78 is 6.22. The zero-order valence-corrected chi connectivity index (χ0v) is 17.3. The lowest BCUT2D eigenvalue weighted by atomic mass is 9.83. The molecule has 158 valence electrons. The Bertz CT molecular complexity index is 911. The average molecular weight is 408 g/mol. The molecule has 5 rings (SSSR count). The van der Waals surface area contributed by atoms with Crippen LogP contribution in [0.25, 0.3) is 0 Å². The van der Waals surface area contributed by atoms with E-state index >= 15 is 0 Å². The summed E-state index contributed by atoms with van der Waals surface area (Å²) in [4.78, 5) is 25.9. The number of nitrogens with two attached hydrogens (primary N) is 1. The zero-order valence-electron chi connectivity index (χ0n) is 17.3. The van der Waals surface area contributed by atoms with Gasteiger partial charge < -0.3 is 15.4 Å². The van der Waals surface area contributed by atoms with Gasteiger partial charge in [0.25, 0.3) is 0 Å². The highest BCUT2D eigenvalue weighted by Crippen LogP contribution is 2.40. The second-order valence-electron chi connectivity index (χ2n) is 8.71. The average Bonchev–Trinajstić information content (AvgIpc) is 3.24. The number of amides is 1. The number of carbonyl (C=O) groups excluding carboxylic acids is 1. The number of hydrogen-bond donors (Lipinski definition) is 1. The van der Waals surface area contributed by atoms with E-state index in [4.69, 9.17) is 10.5 Å². The third-order valence-electron chi connectivity index (χ3n) is 6.89. The zero-order chi connectivity index (χ0) is 20.6. The van der Waals surface area contributed by atoms with Crippen molar-refractivity contribution in [3.05, 3.63) is 53.3 Å². The SMILES string of the molecule is Nc1ncc2c(n1)C1(CCN(C(=O)CN3CCC(c4ccccc4)C3)CC1)OCC2. The number of nitrogen functional groups attached to an aromatic ring is 1. The van der Waals surface area contributed by atoms with Gasteiger partial charge >= 0.3 is 0 Å². The monoisotopic (exact) mass is 407 g/mol. The van der Waals surface area contributed by atoms with Crippen LogP contribution in [0.4, 0.5) is 5.95 Å². The molecule has 1 amide bonds. The number of nitrogens with zero attached hydrogens (tertiary/aromatic N) is 4. The van der Waals surface area contributed by atoms with Crippen molar-refractivity contribution < 1.29 is 9.53 Å². The van der Waals surface area contributed by atoms with Crippen LogP contribution in [-0.4, -0.2) is 65.0 Å². The molecule has 1 aromatic carbocycles. The number of likely N-dealkylation sites (tertiary alicyclic amines) is 2. The van der Waals surface area contributed by atoms with Crippen molar-refractivity contribution in [3.63, 3.8) is 0 Å². The summed E-state index contributed by atoms with van der Waals surface area (Å²) in [7, 11) is 0. The van der Waals surface area contributed by atoms with Gasteiger partial charge in [0.2, 0.25) is 11.9 Å². The lowest BCUT2D eigenvalue weighted by molar-refractivity contribution is -0.142. The minimum Gasteiger partial charge on any atom is -0.368 e. The second-order valence-corrected chi connectivity index (χ2v) is 8.71. The largest absolute Gasteiger partial charge is 0.368 e.